The first-order valence-electron chi connectivity index (χ1n) is 8.72. The predicted octanol–water partition coefficient (Wildman–Crippen LogP) is 2.49. The molecule has 1 amide bonds. The summed E-state index contributed by atoms with van der Waals surface area (Å²) in [5.74, 6) is 0.807. The third-order valence-corrected chi connectivity index (χ3v) is 4.24. The van der Waals surface area contributed by atoms with E-state index >= 15 is 0 Å². The van der Waals surface area contributed by atoms with Gasteiger partial charge in [-0.25, -0.2) is 4.98 Å². The average Bonchev–Trinajstić information content (AvgIpc) is 2.97. The van der Waals surface area contributed by atoms with E-state index in [4.69, 9.17) is 9.15 Å². The predicted molar refractivity (Wildman–Crippen MR) is 95.5 cm³/mol. The molecule has 2 heterocycles. The van der Waals surface area contributed by atoms with E-state index in [0.29, 0.717) is 23.9 Å². The number of aromatic nitrogens is 1. The molecule has 0 spiro atoms. The monoisotopic (exact) mass is 343 g/mol. The molecule has 25 heavy (non-hydrogen) atoms. The van der Waals surface area contributed by atoms with Crippen LogP contribution in [-0.4, -0.2) is 54.2 Å². The molecule has 1 aromatic heterocycles. The molecule has 0 unspecified atom stereocenters. The number of amides is 1. The quantitative estimate of drug-likeness (QED) is 0.903. The summed E-state index contributed by atoms with van der Waals surface area (Å²) in [6, 6.07) is 9.58. The highest BCUT2D eigenvalue weighted by Crippen LogP contribution is 2.21. The van der Waals surface area contributed by atoms with Gasteiger partial charge in [-0.3, -0.25) is 9.69 Å². The standard InChI is InChI=1S/C19H25N3O3/c1-13-11-22(12-14(2)24-13)10-9-20-18(23)17-15(3)25-19(21-17)16-7-5-4-6-8-16/h4-8,13-14H,9-12H2,1-3H3,(H,20,23)/t13-,14+. The minimum Gasteiger partial charge on any atom is -0.441 e. The summed E-state index contributed by atoms with van der Waals surface area (Å²) in [6.45, 7) is 9.07. The second-order valence-corrected chi connectivity index (χ2v) is 6.56. The van der Waals surface area contributed by atoms with Crippen LogP contribution in [-0.2, 0) is 4.74 Å². The third kappa shape index (κ3) is 4.46. The Labute approximate surface area is 148 Å². The smallest absolute Gasteiger partial charge is 0.273 e. The number of morpholine rings is 1. The molecule has 1 fully saturated rings. The van der Waals surface area contributed by atoms with E-state index in [1.165, 1.54) is 0 Å². The van der Waals surface area contributed by atoms with Gasteiger partial charge in [-0.15, -0.1) is 0 Å². The van der Waals surface area contributed by atoms with Crippen LogP contribution in [0.2, 0.25) is 0 Å². The van der Waals surface area contributed by atoms with E-state index in [9.17, 15) is 4.79 Å². The highest BCUT2D eigenvalue weighted by atomic mass is 16.5. The molecule has 6 heteroatoms. The highest BCUT2D eigenvalue weighted by Gasteiger charge is 2.22. The number of hydrogen-bond donors (Lipinski definition) is 1. The fourth-order valence-electron chi connectivity index (χ4n) is 3.19. The molecule has 2 atom stereocenters. The Morgan fingerprint density at radius 2 is 1.92 bits per heavy atom. The van der Waals surface area contributed by atoms with Gasteiger partial charge < -0.3 is 14.5 Å². The van der Waals surface area contributed by atoms with Crippen molar-refractivity contribution in [3.63, 3.8) is 0 Å². The van der Waals surface area contributed by atoms with Crippen LogP contribution in [0.25, 0.3) is 11.5 Å². The summed E-state index contributed by atoms with van der Waals surface area (Å²) in [4.78, 5) is 19.1. The minimum absolute atomic E-state index is 0.196. The Morgan fingerprint density at radius 3 is 2.60 bits per heavy atom. The molecule has 6 nitrogen and oxygen atoms in total. The number of hydrogen-bond acceptors (Lipinski definition) is 5. The topological polar surface area (TPSA) is 67.6 Å². The van der Waals surface area contributed by atoms with Crippen molar-refractivity contribution in [3.05, 3.63) is 41.8 Å². The molecule has 1 aromatic carbocycles. The van der Waals surface area contributed by atoms with Gasteiger partial charge in [-0.2, -0.15) is 0 Å². The van der Waals surface area contributed by atoms with Gasteiger partial charge in [0, 0.05) is 31.7 Å². The van der Waals surface area contributed by atoms with Gasteiger partial charge in [0.1, 0.15) is 5.76 Å². The maximum absolute atomic E-state index is 12.4. The largest absolute Gasteiger partial charge is 0.441 e. The van der Waals surface area contributed by atoms with E-state index < -0.39 is 0 Å². The number of aryl methyl sites for hydroxylation is 1. The van der Waals surface area contributed by atoms with Crippen LogP contribution in [0, 0.1) is 6.92 Å². The Morgan fingerprint density at radius 1 is 1.24 bits per heavy atom. The first-order valence-corrected chi connectivity index (χ1v) is 8.72. The van der Waals surface area contributed by atoms with Gasteiger partial charge >= 0.3 is 0 Å². The molecular weight excluding hydrogens is 318 g/mol. The number of carbonyl (C=O) groups excluding carboxylic acids is 1. The molecule has 1 aliphatic heterocycles. The maximum Gasteiger partial charge on any atom is 0.273 e. The van der Waals surface area contributed by atoms with Crippen molar-refractivity contribution >= 4 is 5.91 Å². The van der Waals surface area contributed by atoms with E-state index in [1.807, 2.05) is 30.3 Å². The Bertz CT molecular complexity index is 704. The maximum atomic E-state index is 12.4. The third-order valence-electron chi connectivity index (χ3n) is 4.24. The normalized spacial score (nSPS) is 21.2. The molecule has 0 saturated carbocycles. The molecule has 134 valence electrons. The highest BCUT2D eigenvalue weighted by molar-refractivity contribution is 5.93. The van der Waals surface area contributed by atoms with Gasteiger partial charge in [-0.1, -0.05) is 18.2 Å². The molecule has 0 bridgehead atoms. The van der Waals surface area contributed by atoms with Gasteiger partial charge in [-0.05, 0) is 32.9 Å². The van der Waals surface area contributed by atoms with Gasteiger partial charge in [0.2, 0.25) is 5.89 Å². The summed E-state index contributed by atoms with van der Waals surface area (Å²) < 4.78 is 11.4. The van der Waals surface area contributed by atoms with Crippen LogP contribution in [0.5, 0.6) is 0 Å². The number of rotatable bonds is 5. The fourth-order valence-corrected chi connectivity index (χ4v) is 3.19. The number of nitrogens with zero attached hydrogens (tertiary/aromatic N) is 2. The lowest BCUT2D eigenvalue weighted by atomic mass is 10.2. The lowest BCUT2D eigenvalue weighted by molar-refractivity contribution is -0.0672. The van der Waals surface area contributed by atoms with Crippen LogP contribution in [0.15, 0.2) is 34.7 Å². The van der Waals surface area contributed by atoms with Crippen molar-refractivity contribution in [2.75, 3.05) is 26.2 Å². The van der Waals surface area contributed by atoms with Crippen molar-refractivity contribution in [2.24, 2.45) is 0 Å². The molecular formula is C19H25N3O3. The second kappa shape index (κ2) is 7.80. The van der Waals surface area contributed by atoms with E-state index in [2.05, 4.69) is 29.0 Å². The summed E-state index contributed by atoms with van der Waals surface area (Å²) >= 11 is 0. The molecule has 2 aromatic rings. The number of carbonyl (C=O) groups is 1. The molecule has 3 rings (SSSR count). The number of ether oxygens (including phenoxy) is 1. The van der Waals surface area contributed by atoms with Crippen molar-refractivity contribution in [1.29, 1.82) is 0 Å². The zero-order valence-corrected chi connectivity index (χ0v) is 15.0. The molecule has 0 radical (unpaired) electrons. The zero-order valence-electron chi connectivity index (χ0n) is 15.0. The van der Waals surface area contributed by atoms with Crippen LogP contribution < -0.4 is 5.32 Å². The van der Waals surface area contributed by atoms with E-state index in [1.54, 1.807) is 6.92 Å². The Kier molecular flexibility index (Phi) is 5.50. The van der Waals surface area contributed by atoms with Crippen LogP contribution in [0.1, 0.15) is 30.1 Å². The fraction of sp³-hybridized carbons (Fsp3) is 0.474. The van der Waals surface area contributed by atoms with Crippen molar-refractivity contribution in [1.82, 2.24) is 15.2 Å². The first-order chi connectivity index (χ1) is 12.0. The molecule has 1 saturated heterocycles. The zero-order chi connectivity index (χ0) is 17.8. The first kappa shape index (κ1) is 17.6. The number of oxazole rings is 1. The minimum atomic E-state index is -0.196. The van der Waals surface area contributed by atoms with Crippen LogP contribution in [0.4, 0.5) is 0 Å². The Balaban J connectivity index is 1.56. The van der Waals surface area contributed by atoms with Crippen LogP contribution in [0.3, 0.4) is 0 Å². The van der Waals surface area contributed by atoms with Gasteiger partial charge in [0.25, 0.3) is 5.91 Å². The molecule has 0 aliphatic carbocycles. The van der Waals surface area contributed by atoms with Crippen LogP contribution >= 0.6 is 0 Å². The van der Waals surface area contributed by atoms with Crippen molar-refractivity contribution in [3.8, 4) is 11.5 Å². The summed E-state index contributed by atoms with van der Waals surface area (Å²) in [5, 5.41) is 2.94. The second-order valence-electron chi connectivity index (χ2n) is 6.56. The summed E-state index contributed by atoms with van der Waals surface area (Å²) in [6.07, 6.45) is 0.455. The summed E-state index contributed by atoms with van der Waals surface area (Å²) in [7, 11) is 0. The van der Waals surface area contributed by atoms with E-state index in [0.717, 1.165) is 25.2 Å². The van der Waals surface area contributed by atoms with E-state index in [-0.39, 0.29) is 18.1 Å². The van der Waals surface area contributed by atoms with Crippen molar-refractivity contribution < 1.29 is 13.9 Å². The van der Waals surface area contributed by atoms with Gasteiger partial charge in [0.15, 0.2) is 5.69 Å². The number of nitrogens with one attached hydrogen (secondary N) is 1. The molecule has 1 N–H and O–H groups in total. The number of benzene rings is 1. The average molecular weight is 343 g/mol. The SMILES string of the molecule is Cc1oc(-c2ccccc2)nc1C(=O)NCCN1C[C@@H](C)O[C@@H](C)C1. The summed E-state index contributed by atoms with van der Waals surface area (Å²) in [5.41, 5.74) is 1.21. The molecule has 1 aliphatic rings. The lowest BCUT2D eigenvalue weighted by Crippen LogP contribution is -2.47. The Hall–Kier alpha value is -2.18. The lowest BCUT2D eigenvalue weighted by Gasteiger charge is -2.35. The van der Waals surface area contributed by atoms with Gasteiger partial charge in [0.05, 0.1) is 12.2 Å². The van der Waals surface area contributed by atoms with Crippen molar-refractivity contribution in [2.45, 2.75) is 33.0 Å².